The average molecular weight is 433 g/mol. The van der Waals surface area contributed by atoms with Gasteiger partial charge in [-0.3, -0.25) is 14.5 Å². The number of aromatic nitrogens is 1. The molecule has 4 rings (SSSR count). The van der Waals surface area contributed by atoms with Crippen LogP contribution in [0, 0.1) is 6.92 Å². The molecule has 1 aromatic heterocycles. The second-order valence-electron chi connectivity index (χ2n) is 7.60. The average Bonchev–Trinajstić information content (AvgIpc) is 3.39. The van der Waals surface area contributed by atoms with Crippen LogP contribution in [0.1, 0.15) is 28.2 Å². The Morgan fingerprint density at radius 3 is 2.31 bits per heavy atom. The SMILES string of the molecule is Cc1nc(-c2ccc(Cl)cc2)sc1C(=O)N1CCN(CC(=O)N2CCCC2)CC1. The van der Waals surface area contributed by atoms with Crippen molar-refractivity contribution in [1.29, 1.82) is 0 Å². The van der Waals surface area contributed by atoms with Gasteiger partial charge in [-0.1, -0.05) is 23.7 Å². The van der Waals surface area contributed by atoms with Crippen LogP contribution < -0.4 is 0 Å². The van der Waals surface area contributed by atoms with Gasteiger partial charge in [-0.25, -0.2) is 4.98 Å². The van der Waals surface area contributed by atoms with Crippen molar-refractivity contribution in [3.63, 3.8) is 0 Å². The predicted molar refractivity (Wildman–Crippen MR) is 115 cm³/mol. The minimum absolute atomic E-state index is 0.0331. The van der Waals surface area contributed by atoms with Gasteiger partial charge in [0.05, 0.1) is 12.2 Å². The van der Waals surface area contributed by atoms with Crippen LogP contribution in [0.25, 0.3) is 10.6 Å². The first-order chi connectivity index (χ1) is 14.0. The van der Waals surface area contributed by atoms with Gasteiger partial charge in [0, 0.05) is 49.9 Å². The molecule has 0 spiro atoms. The molecule has 0 aliphatic carbocycles. The van der Waals surface area contributed by atoms with Crippen molar-refractivity contribution in [3.8, 4) is 10.6 Å². The lowest BCUT2D eigenvalue weighted by Gasteiger charge is -2.34. The van der Waals surface area contributed by atoms with Gasteiger partial charge >= 0.3 is 0 Å². The molecule has 2 saturated heterocycles. The van der Waals surface area contributed by atoms with Crippen LogP contribution in [-0.2, 0) is 4.79 Å². The zero-order chi connectivity index (χ0) is 20.4. The van der Waals surface area contributed by atoms with Gasteiger partial charge < -0.3 is 9.80 Å². The van der Waals surface area contributed by atoms with E-state index in [1.165, 1.54) is 11.3 Å². The molecule has 2 amide bonds. The molecule has 2 aromatic rings. The van der Waals surface area contributed by atoms with E-state index in [1.807, 2.05) is 41.0 Å². The molecule has 2 aliphatic heterocycles. The standard InChI is InChI=1S/C21H25ClN4O2S/c1-15-19(29-20(23-15)16-4-6-17(22)7-5-16)21(28)26-12-10-24(11-13-26)14-18(27)25-8-2-3-9-25/h4-7H,2-3,8-14H2,1H3. The van der Waals surface area contributed by atoms with Crippen LogP contribution in [0.5, 0.6) is 0 Å². The molecule has 2 fully saturated rings. The van der Waals surface area contributed by atoms with E-state index in [2.05, 4.69) is 9.88 Å². The van der Waals surface area contributed by atoms with E-state index >= 15 is 0 Å². The number of carbonyl (C=O) groups excluding carboxylic acids is 2. The normalized spacial score (nSPS) is 17.7. The molecule has 0 saturated carbocycles. The van der Waals surface area contributed by atoms with Crippen LogP contribution in [0.15, 0.2) is 24.3 Å². The van der Waals surface area contributed by atoms with Gasteiger partial charge in [0.2, 0.25) is 5.91 Å². The highest BCUT2D eigenvalue weighted by Gasteiger charge is 2.27. The van der Waals surface area contributed by atoms with Crippen LogP contribution in [-0.4, -0.2) is 77.3 Å². The molecule has 2 aliphatic rings. The number of amides is 2. The Balaban J connectivity index is 1.36. The highest BCUT2D eigenvalue weighted by atomic mass is 35.5. The Bertz CT molecular complexity index is 885. The highest BCUT2D eigenvalue weighted by Crippen LogP contribution is 2.29. The van der Waals surface area contributed by atoms with Crippen molar-refractivity contribution < 1.29 is 9.59 Å². The quantitative estimate of drug-likeness (QED) is 0.744. The van der Waals surface area contributed by atoms with Gasteiger partial charge in [-0.15, -0.1) is 11.3 Å². The fourth-order valence-electron chi connectivity index (χ4n) is 3.82. The second-order valence-corrected chi connectivity index (χ2v) is 9.03. The largest absolute Gasteiger partial charge is 0.342 e. The van der Waals surface area contributed by atoms with E-state index in [0.717, 1.165) is 55.3 Å². The first-order valence-electron chi connectivity index (χ1n) is 10.0. The third-order valence-corrected chi connectivity index (χ3v) is 7.01. The molecular weight excluding hydrogens is 408 g/mol. The summed E-state index contributed by atoms with van der Waals surface area (Å²) in [6.45, 7) is 6.85. The molecule has 1 aromatic carbocycles. The second kappa shape index (κ2) is 8.81. The Hall–Kier alpha value is -1.96. The monoisotopic (exact) mass is 432 g/mol. The minimum atomic E-state index is 0.0331. The van der Waals surface area contributed by atoms with Crippen molar-refractivity contribution >= 4 is 34.8 Å². The van der Waals surface area contributed by atoms with Crippen molar-refractivity contribution in [2.75, 3.05) is 45.8 Å². The summed E-state index contributed by atoms with van der Waals surface area (Å²) in [4.78, 5) is 36.7. The van der Waals surface area contributed by atoms with Crippen LogP contribution in [0.2, 0.25) is 5.02 Å². The number of carbonyl (C=O) groups is 2. The van der Waals surface area contributed by atoms with Crippen molar-refractivity contribution in [3.05, 3.63) is 39.9 Å². The van der Waals surface area contributed by atoms with Crippen molar-refractivity contribution in [2.45, 2.75) is 19.8 Å². The van der Waals surface area contributed by atoms with E-state index < -0.39 is 0 Å². The van der Waals surface area contributed by atoms with E-state index in [4.69, 9.17) is 11.6 Å². The maximum atomic E-state index is 13.0. The molecular formula is C21H25ClN4O2S. The number of hydrogen-bond acceptors (Lipinski definition) is 5. The lowest BCUT2D eigenvalue weighted by molar-refractivity contribution is -0.131. The van der Waals surface area contributed by atoms with Gasteiger partial charge in [0.15, 0.2) is 0 Å². The summed E-state index contributed by atoms with van der Waals surface area (Å²) < 4.78 is 0. The van der Waals surface area contributed by atoms with Crippen LogP contribution >= 0.6 is 22.9 Å². The highest BCUT2D eigenvalue weighted by molar-refractivity contribution is 7.17. The molecule has 6 nitrogen and oxygen atoms in total. The topological polar surface area (TPSA) is 56.8 Å². The first-order valence-corrected chi connectivity index (χ1v) is 11.2. The summed E-state index contributed by atoms with van der Waals surface area (Å²) in [6, 6.07) is 7.51. The molecule has 29 heavy (non-hydrogen) atoms. The number of halogens is 1. The molecule has 0 N–H and O–H groups in total. The van der Waals surface area contributed by atoms with Crippen molar-refractivity contribution in [2.24, 2.45) is 0 Å². The molecule has 154 valence electrons. The predicted octanol–water partition coefficient (Wildman–Crippen LogP) is 3.15. The van der Waals surface area contributed by atoms with Gasteiger partial charge in [0.1, 0.15) is 9.88 Å². The minimum Gasteiger partial charge on any atom is -0.342 e. The fourth-order valence-corrected chi connectivity index (χ4v) is 4.99. The van der Waals surface area contributed by atoms with Gasteiger partial charge in [-0.05, 0) is 31.9 Å². The van der Waals surface area contributed by atoms with Crippen LogP contribution in [0.4, 0.5) is 0 Å². The van der Waals surface area contributed by atoms with Gasteiger partial charge in [0.25, 0.3) is 5.91 Å². The molecule has 8 heteroatoms. The van der Waals surface area contributed by atoms with E-state index in [9.17, 15) is 9.59 Å². The summed E-state index contributed by atoms with van der Waals surface area (Å²) in [7, 11) is 0. The van der Waals surface area contributed by atoms with E-state index in [1.54, 1.807) is 0 Å². The van der Waals surface area contributed by atoms with E-state index in [0.29, 0.717) is 29.5 Å². The first kappa shape index (κ1) is 20.3. The van der Waals surface area contributed by atoms with Crippen LogP contribution in [0.3, 0.4) is 0 Å². The number of piperazine rings is 1. The third kappa shape index (κ3) is 4.63. The van der Waals surface area contributed by atoms with Crippen molar-refractivity contribution in [1.82, 2.24) is 19.7 Å². The zero-order valence-corrected chi connectivity index (χ0v) is 18.1. The molecule has 0 unspecified atom stereocenters. The summed E-state index contributed by atoms with van der Waals surface area (Å²) in [6.07, 6.45) is 2.22. The molecule has 0 bridgehead atoms. The van der Waals surface area contributed by atoms with Gasteiger partial charge in [-0.2, -0.15) is 0 Å². The summed E-state index contributed by atoms with van der Waals surface area (Å²) in [5, 5.41) is 1.51. The number of benzene rings is 1. The molecule has 3 heterocycles. The molecule has 0 radical (unpaired) electrons. The lowest BCUT2D eigenvalue weighted by Crippen LogP contribution is -2.51. The third-order valence-electron chi connectivity index (χ3n) is 5.56. The number of aryl methyl sites for hydroxylation is 1. The Morgan fingerprint density at radius 2 is 1.66 bits per heavy atom. The number of likely N-dealkylation sites (tertiary alicyclic amines) is 1. The number of rotatable bonds is 4. The maximum absolute atomic E-state index is 13.0. The summed E-state index contributed by atoms with van der Waals surface area (Å²) >= 11 is 7.39. The Morgan fingerprint density at radius 1 is 1.00 bits per heavy atom. The smallest absolute Gasteiger partial charge is 0.265 e. The number of thiazole rings is 1. The number of nitrogens with zero attached hydrogens (tertiary/aromatic N) is 4. The Kier molecular flexibility index (Phi) is 6.18. The number of hydrogen-bond donors (Lipinski definition) is 0. The maximum Gasteiger partial charge on any atom is 0.265 e. The molecule has 0 atom stereocenters. The summed E-state index contributed by atoms with van der Waals surface area (Å²) in [5.74, 6) is 0.249. The lowest BCUT2D eigenvalue weighted by atomic mass is 10.2. The Labute approximate surface area is 180 Å². The van der Waals surface area contributed by atoms with E-state index in [-0.39, 0.29) is 11.8 Å². The zero-order valence-electron chi connectivity index (χ0n) is 16.6. The fraction of sp³-hybridized carbons (Fsp3) is 0.476. The summed E-state index contributed by atoms with van der Waals surface area (Å²) in [5.41, 5.74) is 1.73.